The first-order valence-corrected chi connectivity index (χ1v) is 9.20. The van der Waals surface area contributed by atoms with Crippen molar-refractivity contribution in [1.82, 2.24) is 19.9 Å². The van der Waals surface area contributed by atoms with E-state index >= 15 is 0 Å². The van der Waals surface area contributed by atoms with Gasteiger partial charge in [0.1, 0.15) is 5.75 Å². The van der Waals surface area contributed by atoms with E-state index in [0.717, 1.165) is 42.3 Å². The first-order valence-electron chi connectivity index (χ1n) is 9.20. The summed E-state index contributed by atoms with van der Waals surface area (Å²) in [6.07, 6.45) is 3.79. The van der Waals surface area contributed by atoms with Gasteiger partial charge in [0.05, 0.1) is 13.0 Å². The van der Waals surface area contributed by atoms with Gasteiger partial charge in [0.25, 0.3) is 0 Å². The fourth-order valence-electron chi connectivity index (χ4n) is 3.59. The van der Waals surface area contributed by atoms with E-state index in [4.69, 9.17) is 4.74 Å². The van der Waals surface area contributed by atoms with Crippen LogP contribution in [0.4, 0.5) is 5.95 Å². The molecule has 1 aliphatic rings. The fourth-order valence-corrected chi connectivity index (χ4v) is 3.59. The number of nitrogens with zero attached hydrogens (tertiary/aromatic N) is 4. The molecular weight excluding hydrogens is 342 g/mol. The highest BCUT2D eigenvalue weighted by molar-refractivity contribution is 5.79. The zero-order valence-electron chi connectivity index (χ0n) is 15.3. The largest absolute Gasteiger partial charge is 0.496 e. The number of rotatable bonds is 5. The number of anilines is 1. The van der Waals surface area contributed by atoms with Gasteiger partial charge < -0.3 is 15.0 Å². The average molecular weight is 365 g/mol. The molecule has 0 bridgehead atoms. The lowest BCUT2D eigenvalue weighted by Crippen LogP contribution is -2.43. The molecule has 0 unspecified atom stereocenters. The van der Waals surface area contributed by atoms with Crippen molar-refractivity contribution < 1.29 is 9.53 Å². The van der Waals surface area contributed by atoms with Crippen LogP contribution in [0.2, 0.25) is 0 Å². The number of methoxy groups -OCH3 is 1. The van der Waals surface area contributed by atoms with Crippen LogP contribution in [0.5, 0.6) is 5.75 Å². The SMILES string of the molecule is COc1ccccc1CNC(=O)[C@@H]1CCCN(c2nnc3ccccn23)C1. The van der Waals surface area contributed by atoms with E-state index in [2.05, 4.69) is 20.4 Å². The first-order chi connectivity index (χ1) is 13.3. The molecule has 1 atom stereocenters. The molecular formula is C20H23N5O2. The van der Waals surface area contributed by atoms with Crippen molar-refractivity contribution in [3.05, 3.63) is 54.2 Å². The fraction of sp³-hybridized carbons (Fsp3) is 0.350. The van der Waals surface area contributed by atoms with E-state index < -0.39 is 0 Å². The number of amides is 1. The van der Waals surface area contributed by atoms with Gasteiger partial charge in [-0.3, -0.25) is 9.20 Å². The second kappa shape index (κ2) is 7.65. The molecule has 1 fully saturated rings. The minimum atomic E-state index is -0.0653. The van der Waals surface area contributed by atoms with Crippen LogP contribution in [0.1, 0.15) is 18.4 Å². The summed E-state index contributed by atoms with van der Waals surface area (Å²) in [6, 6.07) is 13.6. The molecule has 1 aromatic carbocycles. The standard InChI is InChI=1S/C20H23N5O2/c1-27-17-9-3-2-7-15(17)13-21-19(26)16-8-6-11-24(14-16)20-23-22-18-10-4-5-12-25(18)20/h2-5,7,9-10,12,16H,6,8,11,13-14H2,1H3,(H,21,26)/t16-/m1/s1. The van der Waals surface area contributed by atoms with Crippen molar-refractivity contribution in [2.24, 2.45) is 5.92 Å². The molecule has 27 heavy (non-hydrogen) atoms. The second-order valence-corrected chi connectivity index (χ2v) is 6.74. The Labute approximate surface area is 158 Å². The summed E-state index contributed by atoms with van der Waals surface area (Å²) in [5, 5.41) is 11.6. The van der Waals surface area contributed by atoms with Gasteiger partial charge in [-0.05, 0) is 31.0 Å². The smallest absolute Gasteiger partial charge is 0.231 e. The lowest BCUT2D eigenvalue weighted by atomic mass is 9.97. The normalized spacial score (nSPS) is 17.1. The van der Waals surface area contributed by atoms with Crippen molar-refractivity contribution in [2.75, 3.05) is 25.1 Å². The number of para-hydroxylation sites is 1. The number of benzene rings is 1. The number of carbonyl (C=O) groups is 1. The highest BCUT2D eigenvalue weighted by atomic mass is 16.5. The van der Waals surface area contributed by atoms with Gasteiger partial charge in [0.15, 0.2) is 5.65 Å². The first kappa shape index (κ1) is 17.3. The van der Waals surface area contributed by atoms with E-state index in [-0.39, 0.29) is 11.8 Å². The van der Waals surface area contributed by atoms with E-state index in [0.29, 0.717) is 13.1 Å². The van der Waals surface area contributed by atoms with Gasteiger partial charge in [-0.15, -0.1) is 10.2 Å². The van der Waals surface area contributed by atoms with Crippen LogP contribution < -0.4 is 15.0 Å². The zero-order valence-corrected chi connectivity index (χ0v) is 15.3. The molecule has 0 saturated carbocycles. The predicted molar refractivity (Wildman–Crippen MR) is 103 cm³/mol. The van der Waals surface area contributed by atoms with Gasteiger partial charge in [-0.1, -0.05) is 24.3 Å². The van der Waals surface area contributed by atoms with Crippen LogP contribution in [-0.2, 0) is 11.3 Å². The number of piperidine rings is 1. The minimum absolute atomic E-state index is 0.0653. The highest BCUT2D eigenvalue weighted by Crippen LogP contribution is 2.23. The molecule has 0 spiro atoms. The van der Waals surface area contributed by atoms with Crippen molar-refractivity contribution in [3.63, 3.8) is 0 Å². The summed E-state index contributed by atoms with van der Waals surface area (Å²) in [4.78, 5) is 14.9. The highest BCUT2D eigenvalue weighted by Gasteiger charge is 2.28. The van der Waals surface area contributed by atoms with Gasteiger partial charge in [0.2, 0.25) is 11.9 Å². The number of carbonyl (C=O) groups excluding carboxylic acids is 1. The van der Waals surface area contributed by atoms with Crippen LogP contribution in [0.3, 0.4) is 0 Å². The van der Waals surface area contributed by atoms with E-state index in [9.17, 15) is 4.79 Å². The molecule has 140 valence electrons. The molecule has 3 heterocycles. The van der Waals surface area contributed by atoms with Crippen LogP contribution in [0.25, 0.3) is 5.65 Å². The number of fused-ring (bicyclic) bond motifs is 1. The van der Waals surface area contributed by atoms with E-state index in [1.54, 1.807) is 7.11 Å². The van der Waals surface area contributed by atoms with Gasteiger partial charge in [0, 0.05) is 31.4 Å². The van der Waals surface area contributed by atoms with Crippen molar-refractivity contribution in [3.8, 4) is 5.75 Å². The maximum Gasteiger partial charge on any atom is 0.231 e. The van der Waals surface area contributed by atoms with Crippen molar-refractivity contribution >= 4 is 17.5 Å². The van der Waals surface area contributed by atoms with Crippen LogP contribution in [0, 0.1) is 5.92 Å². The molecule has 1 saturated heterocycles. The third-order valence-corrected chi connectivity index (χ3v) is 5.02. The Morgan fingerprint density at radius 1 is 1.22 bits per heavy atom. The number of nitrogens with one attached hydrogen (secondary N) is 1. The Balaban J connectivity index is 1.42. The van der Waals surface area contributed by atoms with E-state index in [1.165, 1.54) is 0 Å². The second-order valence-electron chi connectivity index (χ2n) is 6.74. The molecule has 0 aliphatic carbocycles. The number of hydrogen-bond acceptors (Lipinski definition) is 5. The number of pyridine rings is 1. The summed E-state index contributed by atoms with van der Waals surface area (Å²) in [5.41, 5.74) is 1.79. The molecule has 4 rings (SSSR count). The third kappa shape index (κ3) is 3.58. The molecule has 1 N–H and O–H groups in total. The summed E-state index contributed by atoms with van der Waals surface area (Å²) < 4.78 is 7.32. The molecule has 3 aromatic rings. The molecule has 7 nitrogen and oxygen atoms in total. The van der Waals surface area contributed by atoms with Gasteiger partial charge in [-0.25, -0.2) is 0 Å². The lowest BCUT2D eigenvalue weighted by molar-refractivity contribution is -0.125. The Hall–Kier alpha value is -3.09. The topological polar surface area (TPSA) is 71.8 Å². The number of hydrogen-bond donors (Lipinski definition) is 1. The van der Waals surface area contributed by atoms with Crippen molar-refractivity contribution in [2.45, 2.75) is 19.4 Å². The third-order valence-electron chi connectivity index (χ3n) is 5.02. The summed E-state index contributed by atoms with van der Waals surface area (Å²) in [5.74, 6) is 1.59. The Bertz CT molecular complexity index is 939. The average Bonchev–Trinajstić information content (AvgIpc) is 3.16. The summed E-state index contributed by atoms with van der Waals surface area (Å²) in [7, 11) is 1.64. The zero-order chi connectivity index (χ0) is 18.6. The lowest BCUT2D eigenvalue weighted by Gasteiger charge is -2.32. The Morgan fingerprint density at radius 3 is 2.96 bits per heavy atom. The Morgan fingerprint density at radius 2 is 2.07 bits per heavy atom. The molecule has 1 amide bonds. The maximum absolute atomic E-state index is 12.7. The molecule has 2 aromatic heterocycles. The van der Waals surface area contributed by atoms with Crippen LogP contribution >= 0.6 is 0 Å². The predicted octanol–water partition coefficient (Wildman–Crippen LogP) is 2.27. The van der Waals surface area contributed by atoms with Crippen LogP contribution in [0.15, 0.2) is 48.7 Å². The van der Waals surface area contributed by atoms with E-state index in [1.807, 2.05) is 53.1 Å². The monoisotopic (exact) mass is 365 g/mol. The summed E-state index contributed by atoms with van der Waals surface area (Å²) in [6.45, 7) is 1.99. The number of ether oxygens (including phenoxy) is 1. The van der Waals surface area contributed by atoms with Crippen LogP contribution in [-0.4, -0.2) is 40.7 Å². The Kier molecular flexibility index (Phi) is 4.91. The summed E-state index contributed by atoms with van der Waals surface area (Å²) >= 11 is 0. The maximum atomic E-state index is 12.7. The van der Waals surface area contributed by atoms with Crippen molar-refractivity contribution in [1.29, 1.82) is 0 Å². The quantitative estimate of drug-likeness (QED) is 0.751. The van der Waals surface area contributed by atoms with Gasteiger partial charge >= 0.3 is 0 Å². The molecule has 7 heteroatoms. The minimum Gasteiger partial charge on any atom is -0.496 e. The molecule has 0 radical (unpaired) electrons. The molecule has 1 aliphatic heterocycles. The van der Waals surface area contributed by atoms with Gasteiger partial charge in [-0.2, -0.15) is 0 Å². The number of aromatic nitrogens is 3.